The molecule has 23 heavy (non-hydrogen) atoms. The first-order valence-electron chi connectivity index (χ1n) is 7.56. The largest absolute Gasteiger partial charge is 0.375 e. The fourth-order valence-electron chi connectivity index (χ4n) is 3.12. The molecule has 2 aliphatic heterocycles. The highest BCUT2D eigenvalue weighted by Gasteiger charge is 2.60. The van der Waals surface area contributed by atoms with Gasteiger partial charge in [0.1, 0.15) is 5.84 Å². The summed E-state index contributed by atoms with van der Waals surface area (Å²) in [6.07, 6.45) is 0. The smallest absolute Gasteiger partial charge is 0.335 e. The molecule has 2 aromatic rings. The second kappa shape index (κ2) is 4.93. The SMILES string of the molecule is Cc1ccc(N2C(=O)N(c3ccccc3)C(=N)C23COC3)cc1. The molecule has 2 aliphatic rings. The molecular formula is C18H17N3O2. The van der Waals surface area contributed by atoms with Gasteiger partial charge in [-0.25, -0.2) is 9.69 Å². The summed E-state index contributed by atoms with van der Waals surface area (Å²) in [7, 11) is 0. The molecule has 0 radical (unpaired) electrons. The maximum atomic E-state index is 13.1. The summed E-state index contributed by atoms with van der Waals surface area (Å²) in [4.78, 5) is 16.2. The Morgan fingerprint density at radius 1 is 1.00 bits per heavy atom. The van der Waals surface area contributed by atoms with Crippen LogP contribution in [0.15, 0.2) is 54.6 Å². The molecule has 0 aliphatic carbocycles. The van der Waals surface area contributed by atoms with Crippen LogP contribution in [0, 0.1) is 12.3 Å². The normalized spacial score (nSPS) is 19.3. The van der Waals surface area contributed by atoms with Gasteiger partial charge in [-0.2, -0.15) is 0 Å². The second-order valence-corrected chi connectivity index (χ2v) is 6.00. The number of benzene rings is 2. The average molecular weight is 307 g/mol. The molecule has 0 saturated carbocycles. The molecule has 0 atom stereocenters. The lowest BCUT2D eigenvalue weighted by Crippen LogP contribution is -2.64. The van der Waals surface area contributed by atoms with E-state index < -0.39 is 5.54 Å². The van der Waals surface area contributed by atoms with Gasteiger partial charge in [-0.15, -0.1) is 0 Å². The van der Waals surface area contributed by atoms with E-state index in [-0.39, 0.29) is 11.9 Å². The molecule has 1 N–H and O–H groups in total. The summed E-state index contributed by atoms with van der Waals surface area (Å²) >= 11 is 0. The topological polar surface area (TPSA) is 56.6 Å². The number of rotatable bonds is 2. The van der Waals surface area contributed by atoms with Crippen LogP contribution < -0.4 is 9.80 Å². The Bertz CT molecular complexity index is 767. The van der Waals surface area contributed by atoms with E-state index in [0.29, 0.717) is 18.9 Å². The Morgan fingerprint density at radius 2 is 1.65 bits per heavy atom. The van der Waals surface area contributed by atoms with Crippen LogP contribution in [-0.4, -0.2) is 30.6 Å². The van der Waals surface area contributed by atoms with Crippen LogP contribution in [0.5, 0.6) is 0 Å². The van der Waals surface area contributed by atoms with Crippen LogP contribution in [-0.2, 0) is 4.74 Å². The number of nitrogens with zero attached hydrogens (tertiary/aromatic N) is 2. The lowest BCUT2D eigenvalue weighted by Gasteiger charge is -2.43. The fourth-order valence-corrected chi connectivity index (χ4v) is 3.12. The molecule has 5 heteroatoms. The Kier molecular flexibility index (Phi) is 2.99. The molecule has 0 aromatic heterocycles. The van der Waals surface area contributed by atoms with E-state index in [1.165, 1.54) is 4.90 Å². The molecule has 2 aromatic carbocycles. The van der Waals surface area contributed by atoms with Gasteiger partial charge in [-0.05, 0) is 31.2 Å². The number of nitrogens with one attached hydrogen (secondary N) is 1. The van der Waals surface area contributed by atoms with Crippen LogP contribution in [0.2, 0.25) is 0 Å². The zero-order chi connectivity index (χ0) is 16.0. The average Bonchev–Trinajstić information content (AvgIpc) is 2.76. The Labute approximate surface area is 134 Å². The number of amides is 2. The lowest BCUT2D eigenvalue weighted by atomic mass is 9.94. The van der Waals surface area contributed by atoms with Crippen LogP contribution in [0.25, 0.3) is 0 Å². The second-order valence-electron chi connectivity index (χ2n) is 6.00. The van der Waals surface area contributed by atoms with Gasteiger partial charge in [0.15, 0.2) is 5.54 Å². The molecule has 2 fully saturated rings. The molecule has 0 bridgehead atoms. The number of hydrogen-bond donors (Lipinski definition) is 1. The van der Waals surface area contributed by atoms with Crippen molar-refractivity contribution in [1.29, 1.82) is 5.41 Å². The Balaban J connectivity index is 1.81. The summed E-state index contributed by atoms with van der Waals surface area (Å²) in [6.45, 7) is 2.72. The van der Waals surface area contributed by atoms with E-state index in [9.17, 15) is 4.79 Å². The molecule has 5 nitrogen and oxygen atoms in total. The van der Waals surface area contributed by atoms with Crippen molar-refractivity contribution in [2.45, 2.75) is 12.5 Å². The number of urea groups is 1. The third-order valence-electron chi connectivity index (χ3n) is 4.46. The summed E-state index contributed by atoms with van der Waals surface area (Å²) in [5.41, 5.74) is 1.95. The van der Waals surface area contributed by atoms with Crippen molar-refractivity contribution in [3.8, 4) is 0 Å². The summed E-state index contributed by atoms with van der Waals surface area (Å²) in [6, 6.07) is 16.9. The number of anilines is 2. The minimum absolute atomic E-state index is 0.201. The van der Waals surface area contributed by atoms with Crippen molar-refractivity contribution < 1.29 is 9.53 Å². The van der Waals surface area contributed by atoms with Gasteiger partial charge in [-0.3, -0.25) is 10.3 Å². The summed E-state index contributed by atoms with van der Waals surface area (Å²) in [5.74, 6) is 0.278. The van der Waals surface area contributed by atoms with E-state index in [1.807, 2.05) is 61.5 Å². The summed E-state index contributed by atoms with van der Waals surface area (Å²) in [5, 5.41) is 8.58. The predicted octanol–water partition coefficient (Wildman–Crippen LogP) is 3.19. The monoisotopic (exact) mass is 307 g/mol. The predicted molar refractivity (Wildman–Crippen MR) is 89.3 cm³/mol. The highest BCUT2D eigenvalue weighted by Crippen LogP contribution is 2.40. The number of carbonyl (C=O) groups is 1. The van der Waals surface area contributed by atoms with Gasteiger partial charge in [0.2, 0.25) is 0 Å². The van der Waals surface area contributed by atoms with E-state index in [4.69, 9.17) is 10.1 Å². The molecule has 4 rings (SSSR count). The quantitative estimate of drug-likeness (QED) is 0.926. The maximum absolute atomic E-state index is 13.1. The third-order valence-corrected chi connectivity index (χ3v) is 4.46. The number of hydrogen-bond acceptors (Lipinski definition) is 3. The molecule has 2 amide bonds. The van der Waals surface area contributed by atoms with Crippen molar-refractivity contribution in [1.82, 2.24) is 0 Å². The molecule has 0 unspecified atom stereocenters. The standard InChI is InChI=1S/C18H17N3O2/c1-13-7-9-15(10-8-13)21-17(22)20(14-5-3-2-4-6-14)16(19)18(21)11-23-12-18/h2-10,19H,11-12H2,1H3. The van der Waals surface area contributed by atoms with E-state index in [1.54, 1.807) is 4.90 Å². The van der Waals surface area contributed by atoms with Crippen LogP contribution in [0.4, 0.5) is 16.2 Å². The van der Waals surface area contributed by atoms with Gasteiger partial charge in [-0.1, -0.05) is 35.9 Å². The van der Waals surface area contributed by atoms with Crippen LogP contribution >= 0.6 is 0 Å². The first kappa shape index (κ1) is 14.0. The molecule has 1 spiro atoms. The number of carbonyl (C=O) groups excluding carboxylic acids is 1. The zero-order valence-electron chi connectivity index (χ0n) is 12.8. The minimum atomic E-state index is -0.692. The minimum Gasteiger partial charge on any atom is -0.375 e. The number of amidine groups is 1. The van der Waals surface area contributed by atoms with Crippen molar-refractivity contribution in [3.63, 3.8) is 0 Å². The fraction of sp³-hybridized carbons (Fsp3) is 0.222. The van der Waals surface area contributed by atoms with Gasteiger partial charge >= 0.3 is 6.03 Å². The first-order valence-corrected chi connectivity index (χ1v) is 7.56. The van der Waals surface area contributed by atoms with Crippen LogP contribution in [0.3, 0.4) is 0 Å². The Hall–Kier alpha value is -2.66. The molecule has 116 valence electrons. The highest BCUT2D eigenvalue weighted by atomic mass is 16.5. The van der Waals surface area contributed by atoms with Gasteiger partial charge in [0.05, 0.1) is 18.9 Å². The molecule has 2 heterocycles. The molecule has 2 saturated heterocycles. The molecular weight excluding hydrogens is 290 g/mol. The van der Waals surface area contributed by atoms with E-state index in [0.717, 1.165) is 11.3 Å². The summed E-state index contributed by atoms with van der Waals surface area (Å²) < 4.78 is 5.38. The first-order chi connectivity index (χ1) is 11.1. The van der Waals surface area contributed by atoms with Gasteiger partial charge in [0.25, 0.3) is 0 Å². The number of ether oxygens (including phenoxy) is 1. The maximum Gasteiger partial charge on any atom is 0.335 e. The Morgan fingerprint density at radius 3 is 2.22 bits per heavy atom. The van der Waals surface area contributed by atoms with E-state index in [2.05, 4.69) is 0 Å². The lowest BCUT2D eigenvalue weighted by molar-refractivity contribution is -0.0155. The van der Waals surface area contributed by atoms with Crippen molar-refractivity contribution in [2.75, 3.05) is 23.0 Å². The van der Waals surface area contributed by atoms with Crippen molar-refractivity contribution in [3.05, 3.63) is 60.2 Å². The number of aryl methyl sites for hydroxylation is 1. The zero-order valence-corrected chi connectivity index (χ0v) is 12.8. The van der Waals surface area contributed by atoms with E-state index >= 15 is 0 Å². The van der Waals surface area contributed by atoms with Gasteiger partial charge < -0.3 is 4.74 Å². The number of para-hydroxylation sites is 1. The van der Waals surface area contributed by atoms with Crippen LogP contribution in [0.1, 0.15) is 5.56 Å². The van der Waals surface area contributed by atoms with Crippen molar-refractivity contribution in [2.24, 2.45) is 0 Å². The van der Waals surface area contributed by atoms with Crippen molar-refractivity contribution >= 4 is 23.2 Å². The van der Waals surface area contributed by atoms with Gasteiger partial charge in [0, 0.05) is 5.69 Å². The highest BCUT2D eigenvalue weighted by molar-refractivity contribution is 6.31. The third kappa shape index (κ3) is 1.90.